The number of methoxy groups -OCH3 is 1. The van der Waals surface area contributed by atoms with Crippen molar-refractivity contribution in [1.29, 1.82) is 0 Å². The average Bonchev–Trinajstić information content (AvgIpc) is 3.15. The van der Waals surface area contributed by atoms with Gasteiger partial charge in [0.05, 0.1) is 25.0 Å². The third-order valence-corrected chi connectivity index (χ3v) is 6.36. The zero-order valence-electron chi connectivity index (χ0n) is 18.5. The summed E-state index contributed by atoms with van der Waals surface area (Å²) in [5.74, 6) is 0.249. The van der Waals surface area contributed by atoms with Gasteiger partial charge in [-0.2, -0.15) is 0 Å². The number of hydrogen-bond acceptors (Lipinski definition) is 5. The van der Waals surface area contributed by atoms with Crippen molar-refractivity contribution in [2.75, 3.05) is 39.9 Å². The van der Waals surface area contributed by atoms with Crippen molar-refractivity contribution in [2.45, 2.75) is 32.6 Å². The smallest absolute Gasteiger partial charge is 0.312 e. The summed E-state index contributed by atoms with van der Waals surface area (Å²) < 4.78 is 10.6. The molecule has 7 nitrogen and oxygen atoms in total. The molecule has 1 aromatic carbocycles. The van der Waals surface area contributed by atoms with Crippen molar-refractivity contribution in [3.63, 3.8) is 0 Å². The van der Waals surface area contributed by atoms with Gasteiger partial charge in [-0.1, -0.05) is 18.2 Å². The quantitative estimate of drug-likeness (QED) is 0.470. The first-order valence-electron chi connectivity index (χ1n) is 10.9. The topological polar surface area (TPSA) is 76.2 Å². The van der Waals surface area contributed by atoms with Crippen LogP contribution in [0.15, 0.2) is 36.9 Å². The molecule has 0 aliphatic carbocycles. The maximum Gasteiger partial charge on any atom is 0.312 e. The fraction of sp³-hybridized carbons (Fsp3) is 0.542. The number of ether oxygens (including phenoxy) is 2. The number of carbonyl (C=O) groups excluding carboxylic acids is 3. The van der Waals surface area contributed by atoms with E-state index in [0.717, 1.165) is 11.3 Å². The second-order valence-electron chi connectivity index (χ2n) is 8.34. The summed E-state index contributed by atoms with van der Waals surface area (Å²) >= 11 is 0. The van der Waals surface area contributed by atoms with Crippen LogP contribution in [0.5, 0.6) is 5.75 Å². The second-order valence-corrected chi connectivity index (χ2v) is 8.34. The van der Waals surface area contributed by atoms with Gasteiger partial charge in [0.15, 0.2) is 0 Å². The van der Waals surface area contributed by atoms with E-state index in [2.05, 4.69) is 6.58 Å². The minimum atomic E-state index is -0.651. The zero-order chi connectivity index (χ0) is 22.4. The molecule has 3 rings (SSSR count). The first-order valence-corrected chi connectivity index (χ1v) is 10.9. The van der Waals surface area contributed by atoms with Crippen LogP contribution in [-0.4, -0.2) is 67.5 Å². The number of amides is 2. The van der Waals surface area contributed by atoms with Crippen LogP contribution in [0.3, 0.4) is 0 Å². The Morgan fingerprint density at radius 2 is 1.90 bits per heavy atom. The van der Waals surface area contributed by atoms with Gasteiger partial charge in [-0.05, 0) is 43.9 Å². The second kappa shape index (κ2) is 9.98. The third kappa shape index (κ3) is 5.09. The van der Waals surface area contributed by atoms with Gasteiger partial charge in [0.2, 0.25) is 11.8 Å². The number of rotatable bonds is 8. The summed E-state index contributed by atoms with van der Waals surface area (Å²) in [6.07, 6.45) is 3.57. The Morgan fingerprint density at radius 1 is 1.23 bits per heavy atom. The summed E-state index contributed by atoms with van der Waals surface area (Å²) in [4.78, 5) is 41.5. The van der Waals surface area contributed by atoms with Gasteiger partial charge in [0, 0.05) is 32.6 Å². The highest BCUT2D eigenvalue weighted by molar-refractivity contribution is 5.89. The maximum absolute atomic E-state index is 13.0. The third-order valence-electron chi connectivity index (χ3n) is 6.36. The van der Waals surface area contributed by atoms with E-state index in [9.17, 15) is 14.4 Å². The zero-order valence-corrected chi connectivity index (χ0v) is 18.5. The molecule has 168 valence electrons. The number of esters is 1. The number of carbonyl (C=O) groups is 3. The lowest BCUT2D eigenvalue weighted by Gasteiger charge is -2.40. The summed E-state index contributed by atoms with van der Waals surface area (Å²) in [6.45, 7) is 7.69. The summed E-state index contributed by atoms with van der Waals surface area (Å²) in [6, 6.07) is 7.71. The number of likely N-dealkylation sites (tertiary alicyclic amines) is 2. The first-order chi connectivity index (χ1) is 14.9. The van der Waals surface area contributed by atoms with E-state index in [1.165, 1.54) is 0 Å². The minimum Gasteiger partial charge on any atom is -0.497 e. The van der Waals surface area contributed by atoms with Crippen LogP contribution < -0.4 is 4.74 Å². The molecule has 0 aromatic heterocycles. The Hall–Kier alpha value is -2.83. The van der Waals surface area contributed by atoms with Gasteiger partial charge in [-0.15, -0.1) is 6.58 Å². The Morgan fingerprint density at radius 3 is 2.48 bits per heavy atom. The number of benzene rings is 1. The van der Waals surface area contributed by atoms with Gasteiger partial charge in [-0.3, -0.25) is 14.4 Å². The molecule has 2 aliphatic rings. The Bertz CT molecular complexity index is 812. The largest absolute Gasteiger partial charge is 0.497 e. The molecule has 31 heavy (non-hydrogen) atoms. The van der Waals surface area contributed by atoms with Gasteiger partial charge in [0.25, 0.3) is 0 Å². The molecule has 1 atom stereocenters. The SMILES string of the molecule is C=CCN1C[C@@H](C(=O)N2CCC(Cc3ccc(OC)cc3)(C(=O)OCC)CC2)CC1=O. The Balaban J connectivity index is 1.67. The highest BCUT2D eigenvalue weighted by Crippen LogP contribution is 2.38. The monoisotopic (exact) mass is 428 g/mol. The summed E-state index contributed by atoms with van der Waals surface area (Å²) in [5.41, 5.74) is 0.386. The van der Waals surface area contributed by atoms with Gasteiger partial charge in [0.1, 0.15) is 5.75 Å². The molecule has 2 aliphatic heterocycles. The van der Waals surface area contributed by atoms with Gasteiger partial charge < -0.3 is 19.3 Å². The molecule has 2 saturated heterocycles. The molecule has 1 aromatic rings. The Kier molecular flexibility index (Phi) is 7.36. The minimum absolute atomic E-state index is 0.00168. The summed E-state index contributed by atoms with van der Waals surface area (Å²) in [5, 5.41) is 0. The molecular formula is C24H32N2O5. The van der Waals surface area contributed by atoms with E-state index in [-0.39, 0.29) is 30.1 Å². The molecule has 0 spiro atoms. The van der Waals surface area contributed by atoms with Crippen molar-refractivity contribution in [3.8, 4) is 5.75 Å². The van der Waals surface area contributed by atoms with Crippen LogP contribution in [-0.2, 0) is 25.5 Å². The van der Waals surface area contributed by atoms with Crippen LogP contribution in [0.4, 0.5) is 0 Å². The molecule has 2 fully saturated rings. The fourth-order valence-corrected chi connectivity index (χ4v) is 4.55. The molecule has 2 heterocycles. The van der Waals surface area contributed by atoms with Crippen LogP contribution in [0.25, 0.3) is 0 Å². The Labute approximate surface area is 184 Å². The van der Waals surface area contributed by atoms with Crippen molar-refractivity contribution in [2.24, 2.45) is 11.3 Å². The van der Waals surface area contributed by atoms with Crippen molar-refractivity contribution >= 4 is 17.8 Å². The van der Waals surface area contributed by atoms with Crippen LogP contribution in [0, 0.1) is 11.3 Å². The van der Waals surface area contributed by atoms with Gasteiger partial charge >= 0.3 is 5.97 Å². The molecule has 0 saturated carbocycles. The molecule has 0 radical (unpaired) electrons. The lowest BCUT2D eigenvalue weighted by molar-refractivity contribution is -0.160. The molecule has 0 unspecified atom stereocenters. The highest BCUT2D eigenvalue weighted by Gasteiger charge is 2.45. The van der Waals surface area contributed by atoms with Crippen LogP contribution in [0.1, 0.15) is 31.7 Å². The predicted molar refractivity (Wildman–Crippen MR) is 116 cm³/mol. The first kappa shape index (κ1) is 22.8. The normalized spacial score (nSPS) is 20.5. The standard InChI is InChI=1S/C24H32N2O5/c1-4-12-26-17-19(15-21(26)27)22(28)25-13-10-24(11-14-25,23(29)31-5-2)16-18-6-8-20(30-3)9-7-18/h4,6-9,19H,1,5,10-17H2,2-3H3/t19-/m0/s1. The van der Waals surface area contributed by atoms with E-state index in [0.29, 0.717) is 52.0 Å². The van der Waals surface area contributed by atoms with E-state index in [1.54, 1.807) is 23.0 Å². The van der Waals surface area contributed by atoms with Gasteiger partial charge in [-0.25, -0.2) is 0 Å². The van der Waals surface area contributed by atoms with Crippen LogP contribution in [0.2, 0.25) is 0 Å². The lowest BCUT2D eigenvalue weighted by atomic mass is 9.73. The molecule has 0 N–H and O–H groups in total. The van der Waals surface area contributed by atoms with Crippen molar-refractivity contribution in [3.05, 3.63) is 42.5 Å². The molecular weight excluding hydrogens is 396 g/mol. The fourth-order valence-electron chi connectivity index (χ4n) is 4.55. The van der Waals surface area contributed by atoms with E-state index >= 15 is 0 Å². The van der Waals surface area contributed by atoms with E-state index in [1.807, 2.05) is 31.2 Å². The number of hydrogen-bond donors (Lipinski definition) is 0. The van der Waals surface area contributed by atoms with E-state index < -0.39 is 5.41 Å². The average molecular weight is 429 g/mol. The maximum atomic E-state index is 13.0. The molecule has 7 heteroatoms. The lowest BCUT2D eigenvalue weighted by Crippen LogP contribution is -2.49. The van der Waals surface area contributed by atoms with Crippen molar-refractivity contribution in [1.82, 2.24) is 9.80 Å². The predicted octanol–water partition coefficient (Wildman–Crippen LogP) is 2.44. The van der Waals surface area contributed by atoms with E-state index in [4.69, 9.17) is 9.47 Å². The molecule has 2 amide bonds. The van der Waals surface area contributed by atoms with Crippen molar-refractivity contribution < 1.29 is 23.9 Å². The number of nitrogens with zero attached hydrogens (tertiary/aromatic N) is 2. The highest BCUT2D eigenvalue weighted by atomic mass is 16.5. The number of piperidine rings is 1. The summed E-state index contributed by atoms with van der Waals surface area (Å²) in [7, 11) is 1.62. The molecule has 0 bridgehead atoms. The van der Waals surface area contributed by atoms with Crippen LogP contribution >= 0.6 is 0 Å².